The highest BCUT2D eigenvalue weighted by atomic mass is 19.1. The van der Waals surface area contributed by atoms with Gasteiger partial charge in [-0.1, -0.05) is 29.8 Å². The minimum atomic E-state index is -0.211. The third kappa shape index (κ3) is 2.41. The molecule has 0 amide bonds. The Morgan fingerprint density at radius 3 is 2.50 bits per heavy atom. The third-order valence-corrected chi connectivity index (χ3v) is 2.99. The zero-order chi connectivity index (χ0) is 13.1. The zero-order valence-electron chi connectivity index (χ0n) is 10.5. The Hall–Kier alpha value is -2.14. The molecular formula is C16H14FN. The van der Waals surface area contributed by atoms with E-state index < -0.39 is 0 Å². The quantitative estimate of drug-likeness (QED) is 0.771. The molecule has 0 atom stereocenters. The Balaban J connectivity index is 2.51. The van der Waals surface area contributed by atoms with E-state index in [2.05, 4.69) is 6.07 Å². The Kier molecular flexibility index (Phi) is 3.43. The molecule has 0 fully saturated rings. The average Bonchev–Trinajstić information content (AvgIpc) is 2.33. The van der Waals surface area contributed by atoms with E-state index in [-0.39, 0.29) is 5.82 Å². The fraction of sp³-hybridized carbons (Fsp3) is 0.188. The maximum atomic E-state index is 13.8. The van der Waals surface area contributed by atoms with Crippen LogP contribution in [-0.4, -0.2) is 0 Å². The maximum Gasteiger partial charge on any atom is 0.131 e. The summed E-state index contributed by atoms with van der Waals surface area (Å²) in [4.78, 5) is 0. The molecule has 0 bridgehead atoms. The van der Waals surface area contributed by atoms with E-state index in [1.165, 1.54) is 6.07 Å². The molecule has 0 N–H and O–H groups in total. The number of rotatable bonds is 2. The second-order valence-electron chi connectivity index (χ2n) is 4.47. The van der Waals surface area contributed by atoms with Gasteiger partial charge in [0, 0.05) is 5.56 Å². The summed E-state index contributed by atoms with van der Waals surface area (Å²) in [5.74, 6) is -0.211. The highest BCUT2D eigenvalue weighted by Crippen LogP contribution is 2.27. The van der Waals surface area contributed by atoms with Gasteiger partial charge < -0.3 is 0 Å². The molecule has 18 heavy (non-hydrogen) atoms. The van der Waals surface area contributed by atoms with Crippen LogP contribution < -0.4 is 0 Å². The van der Waals surface area contributed by atoms with Crippen molar-refractivity contribution in [3.63, 3.8) is 0 Å². The van der Waals surface area contributed by atoms with Crippen molar-refractivity contribution < 1.29 is 4.39 Å². The molecule has 0 aliphatic carbocycles. The van der Waals surface area contributed by atoms with Crippen LogP contribution in [0.1, 0.15) is 16.7 Å². The number of hydrogen-bond donors (Lipinski definition) is 0. The molecule has 2 aromatic rings. The molecule has 0 aliphatic rings. The van der Waals surface area contributed by atoms with Gasteiger partial charge in [-0.25, -0.2) is 4.39 Å². The lowest BCUT2D eigenvalue weighted by atomic mass is 9.96. The lowest BCUT2D eigenvalue weighted by Gasteiger charge is -2.09. The fourth-order valence-corrected chi connectivity index (χ4v) is 2.07. The van der Waals surface area contributed by atoms with Gasteiger partial charge in [0.15, 0.2) is 0 Å². The van der Waals surface area contributed by atoms with Crippen LogP contribution >= 0.6 is 0 Å². The fourth-order valence-electron chi connectivity index (χ4n) is 2.07. The van der Waals surface area contributed by atoms with Gasteiger partial charge in [0.25, 0.3) is 0 Å². The standard InChI is InChI=1S/C16H14FN/c1-11-3-6-16(17)15(9-11)14-5-4-13(7-8-18)10-12(14)2/h3-6,9-10H,7H2,1-2H3. The van der Waals surface area contributed by atoms with Crippen LogP contribution in [0.25, 0.3) is 11.1 Å². The molecule has 0 aromatic heterocycles. The highest BCUT2D eigenvalue weighted by molar-refractivity contribution is 5.68. The van der Waals surface area contributed by atoms with Crippen LogP contribution in [0.4, 0.5) is 4.39 Å². The normalized spacial score (nSPS) is 10.1. The molecule has 90 valence electrons. The number of hydrogen-bond acceptors (Lipinski definition) is 1. The largest absolute Gasteiger partial charge is 0.206 e. The molecule has 2 aromatic carbocycles. The number of aryl methyl sites for hydroxylation is 2. The summed E-state index contributed by atoms with van der Waals surface area (Å²) in [7, 11) is 0. The number of nitrogens with zero attached hydrogens (tertiary/aromatic N) is 1. The average molecular weight is 239 g/mol. The van der Waals surface area contributed by atoms with Crippen molar-refractivity contribution >= 4 is 0 Å². The third-order valence-electron chi connectivity index (χ3n) is 2.99. The van der Waals surface area contributed by atoms with Gasteiger partial charge in [-0.15, -0.1) is 0 Å². The van der Waals surface area contributed by atoms with Crippen molar-refractivity contribution in [3.05, 3.63) is 58.9 Å². The molecule has 2 heteroatoms. The minimum absolute atomic E-state index is 0.211. The van der Waals surface area contributed by atoms with E-state index in [0.29, 0.717) is 12.0 Å². The Labute approximate surface area is 107 Å². The zero-order valence-corrected chi connectivity index (χ0v) is 10.5. The van der Waals surface area contributed by atoms with Crippen molar-refractivity contribution in [1.82, 2.24) is 0 Å². The van der Waals surface area contributed by atoms with Crippen LogP contribution in [0.3, 0.4) is 0 Å². The van der Waals surface area contributed by atoms with Crippen LogP contribution in [0, 0.1) is 31.0 Å². The van der Waals surface area contributed by atoms with E-state index in [1.807, 2.05) is 38.1 Å². The van der Waals surface area contributed by atoms with Crippen LogP contribution in [0.2, 0.25) is 0 Å². The van der Waals surface area contributed by atoms with Crippen molar-refractivity contribution in [1.29, 1.82) is 5.26 Å². The lowest BCUT2D eigenvalue weighted by Crippen LogP contribution is -1.91. The topological polar surface area (TPSA) is 23.8 Å². The molecule has 0 spiro atoms. The minimum Gasteiger partial charge on any atom is -0.206 e. The summed E-state index contributed by atoms with van der Waals surface area (Å²) in [5.41, 5.74) is 4.50. The molecule has 0 heterocycles. The maximum absolute atomic E-state index is 13.8. The molecule has 0 aliphatic heterocycles. The molecule has 0 unspecified atom stereocenters. The number of halogens is 1. The van der Waals surface area contributed by atoms with Crippen LogP contribution in [0.15, 0.2) is 36.4 Å². The molecule has 2 rings (SSSR count). The summed E-state index contributed by atoms with van der Waals surface area (Å²) in [6.45, 7) is 3.89. The van der Waals surface area contributed by atoms with Crippen molar-refractivity contribution in [3.8, 4) is 17.2 Å². The summed E-state index contributed by atoms with van der Waals surface area (Å²) in [6.07, 6.45) is 0.386. The van der Waals surface area contributed by atoms with E-state index in [1.54, 1.807) is 6.07 Å². The molecule has 0 saturated carbocycles. The monoisotopic (exact) mass is 239 g/mol. The summed E-state index contributed by atoms with van der Waals surface area (Å²) < 4.78 is 13.8. The van der Waals surface area contributed by atoms with Gasteiger partial charge in [-0.3, -0.25) is 0 Å². The van der Waals surface area contributed by atoms with Crippen molar-refractivity contribution in [2.24, 2.45) is 0 Å². The van der Waals surface area contributed by atoms with E-state index in [9.17, 15) is 4.39 Å². The van der Waals surface area contributed by atoms with Gasteiger partial charge in [0.1, 0.15) is 5.82 Å². The Morgan fingerprint density at radius 2 is 1.83 bits per heavy atom. The second-order valence-corrected chi connectivity index (χ2v) is 4.47. The molecular weight excluding hydrogens is 225 g/mol. The van der Waals surface area contributed by atoms with Crippen molar-refractivity contribution in [2.75, 3.05) is 0 Å². The Morgan fingerprint density at radius 1 is 1.06 bits per heavy atom. The molecule has 0 saturated heterocycles. The number of benzene rings is 2. The molecule has 1 nitrogen and oxygen atoms in total. The summed E-state index contributed by atoms with van der Waals surface area (Å²) in [6, 6.07) is 12.9. The van der Waals surface area contributed by atoms with Gasteiger partial charge in [-0.05, 0) is 42.7 Å². The van der Waals surface area contributed by atoms with Crippen LogP contribution in [-0.2, 0) is 6.42 Å². The van der Waals surface area contributed by atoms with Gasteiger partial charge >= 0.3 is 0 Å². The number of nitriles is 1. The van der Waals surface area contributed by atoms with E-state index >= 15 is 0 Å². The lowest BCUT2D eigenvalue weighted by molar-refractivity contribution is 0.631. The predicted octanol–water partition coefficient (Wildman–Crippen LogP) is 4.18. The van der Waals surface area contributed by atoms with Gasteiger partial charge in [0.2, 0.25) is 0 Å². The Bertz CT molecular complexity index is 623. The highest BCUT2D eigenvalue weighted by Gasteiger charge is 2.08. The molecule has 0 radical (unpaired) electrons. The first-order valence-corrected chi connectivity index (χ1v) is 5.85. The van der Waals surface area contributed by atoms with E-state index in [0.717, 1.165) is 22.3 Å². The van der Waals surface area contributed by atoms with Crippen molar-refractivity contribution in [2.45, 2.75) is 20.3 Å². The van der Waals surface area contributed by atoms with E-state index in [4.69, 9.17) is 5.26 Å². The first-order chi connectivity index (χ1) is 8.61. The van der Waals surface area contributed by atoms with Gasteiger partial charge in [-0.2, -0.15) is 5.26 Å². The second kappa shape index (κ2) is 5.01. The van der Waals surface area contributed by atoms with Gasteiger partial charge in [0.05, 0.1) is 12.5 Å². The van der Waals surface area contributed by atoms with Crippen LogP contribution in [0.5, 0.6) is 0 Å². The first kappa shape index (κ1) is 12.3. The first-order valence-electron chi connectivity index (χ1n) is 5.85. The smallest absolute Gasteiger partial charge is 0.131 e. The summed E-state index contributed by atoms with van der Waals surface area (Å²) in [5, 5.41) is 8.67. The SMILES string of the molecule is Cc1ccc(F)c(-c2ccc(CC#N)cc2C)c1. The summed E-state index contributed by atoms with van der Waals surface area (Å²) >= 11 is 0. The predicted molar refractivity (Wildman–Crippen MR) is 70.6 cm³/mol.